The minimum Gasteiger partial charge on any atom is -0.480 e. The summed E-state index contributed by atoms with van der Waals surface area (Å²) >= 11 is 6.33. The molecule has 1 aliphatic rings. The number of carboxylic acids is 1. The van der Waals surface area contributed by atoms with E-state index >= 15 is 0 Å². The fourth-order valence-corrected chi connectivity index (χ4v) is 3.64. The van der Waals surface area contributed by atoms with Crippen molar-refractivity contribution in [1.29, 1.82) is 0 Å². The molecule has 1 aromatic rings. The highest BCUT2D eigenvalue weighted by Gasteiger charge is 2.34. The zero-order valence-electron chi connectivity index (χ0n) is 14.3. The van der Waals surface area contributed by atoms with E-state index in [0.29, 0.717) is 17.7 Å². The van der Waals surface area contributed by atoms with Crippen LogP contribution < -0.4 is 5.32 Å². The van der Waals surface area contributed by atoms with Crippen molar-refractivity contribution in [3.05, 3.63) is 40.8 Å². The van der Waals surface area contributed by atoms with Crippen LogP contribution in [0.1, 0.15) is 31.7 Å². The number of thiocarbonyl (C=S) groups is 1. The van der Waals surface area contributed by atoms with Gasteiger partial charge in [0.1, 0.15) is 16.9 Å². The number of carbonyl (C=O) groups is 3. The van der Waals surface area contributed by atoms with Gasteiger partial charge in [0.25, 0.3) is 5.91 Å². The molecule has 1 aliphatic heterocycles. The monoisotopic (exact) mass is 392 g/mol. The Morgan fingerprint density at radius 1 is 1.35 bits per heavy atom. The number of carbonyl (C=O) groups excluding carboxylic acids is 2. The molecule has 0 unspecified atom stereocenters. The number of unbranched alkanes of at least 4 members (excludes halogenated alkanes) is 1. The highest BCUT2D eigenvalue weighted by Crippen LogP contribution is 2.32. The molecule has 2 amide bonds. The number of aliphatic carboxylic acids is 1. The first-order valence-corrected chi connectivity index (χ1v) is 9.47. The van der Waals surface area contributed by atoms with Gasteiger partial charge in [-0.3, -0.25) is 14.5 Å². The van der Waals surface area contributed by atoms with E-state index in [9.17, 15) is 19.5 Å². The molecule has 1 atom stereocenters. The largest absolute Gasteiger partial charge is 0.480 e. The van der Waals surface area contributed by atoms with E-state index in [1.807, 2.05) is 37.3 Å². The maximum absolute atomic E-state index is 12.5. The van der Waals surface area contributed by atoms with Crippen molar-refractivity contribution in [3.8, 4) is 0 Å². The van der Waals surface area contributed by atoms with E-state index in [0.717, 1.165) is 23.7 Å². The Morgan fingerprint density at radius 3 is 2.65 bits per heavy atom. The van der Waals surface area contributed by atoms with Gasteiger partial charge in [-0.1, -0.05) is 74.1 Å². The molecule has 6 nitrogen and oxygen atoms in total. The first-order chi connectivity index (χ1) is 12.4. The molecule has 0 spiro atoms. The molecular weight excluding hydrogens is 372 g/mol. The van der Waals surface area contributed by atoms with E-state index in [1.165, 1.54) is 4.90 Å². The summed E-state index contributed by atoms with van der Waals surface area (Å²) in [5.41, 5.74) is 0.864. The van der Waals surface area contributed by atoms with Gasteiger partial charge in [0.2, 0.25) is 5.91 Å². The van der Waals surface area contributed by atoms with E-state index in [4.69, 9.17) is 12.2 Å². The van der Waals surface area contributed by atoms with E-state index in [-0.39, 0.29) is 16.8 Å². The van der Waals surface area contributed by atoms with Crippen LogP contribution in [0.4, 0.5) is 0 Å². The van der Waals surface area contributed by atoms with E-state index < -0.39 is 17.9 Å². The van der Waals surface area contributed by atoms with Crippen molar-refractivity contribution in [2.24, 2.45) is 0 Å². The van der Waals surface area contributed by atoms with Crippen LogP contribution in [0.15, 0.2) is 35.2 Å². The molecule has 0 saturated carbocycles. The van der Waals surface area contributed by atoms with Crippen LogP contribution in [0.25, 0.3) is 6.08 Å². The van der Waals surface area contributed by atoms with Crippen molar-refractivity contribution < 1.29 is 19.5 Å². The van der Waals surface area contributed by atoms with Gasteiger partial charge in [0, 0.05) is 0 Å². The van der Waals surface area contributed by atoms with Crippen LogP contribution in [0.3, 0.4) is 0 Å². The zero-order chi connectivity index (χ0) is 19.1. The summed E-state index contributed by atoms with van der Waals surface area (Å²) < 4.78 is 0.285. The van der Waals surface area contributed by atoms with Crippen molar-refractivity contribution in [1.82, 2.24) is 10.2 Å². The first-order valence-electron chi connectivity index (χ1n) is 8.25. The third-order valence-corrected chi connectivity index (χ3v) is 5.13. The second-order valence-electron chi connectivity index (χ2n) is 5.78. The molecule has 138 valence electrons. The topological polar surface area (TPSA) is 86.7 Å². The first kappa shape index (κ1) is 20.1. The number of thioether (sulfide) groups is 1. The van der Waals surface area contributed by atoms with Crippen LogP contribution in [0.5, 0.6) is 0 Å². The molecule has 0 radical (unpaired) electrons. The molecule has 1 heterocycles. The van der Waals surface area contributed by atoms with Gasteiger partial charge in [-0.25, -0.2) is 4.79 Å². The van der Waals surface area contributed by atoms with Crippen LogP contribution >= 0.6 is 24.0 Å². The predicted octanol–water partition coefficient (Wildman–Crippen LogP) is 2.65. The molecule has 1 fully saturated rings. The molecule has 1 saturated heterocycles. The summed E-state index contributed by atoms with van der Waals surface area (Å²) in [6.07, 6.45) is 3.60. The average molecular weight is 393 g/mol. The van der Waals surface area contributed by atoms with Crippen molar-refractivity contribution in [2.75, 3.05) is 6.54 Å². The highest BCUT2D eigenvalue weighted by atomic mass is 32.2. The summed E-state index contributed by atoms with van der Waals surface area (Å²) in [4.78, 5) is 37.5. The zero-order valence-corrected chi connectivity index (χ0v) is 15.9. The van der Waals surface area contributed by atoms with Gasteiger partial charge in [0.15, 0.2) is 0 Å². The fraction of sp³-hybridized carbons (Fsp3) is 0.333. The minimum atomic E-state index is -1.08. The van der Waals surface area contributed by atoms with Gasteiger partial charge in [-0.2, -0.15) is 0 Å². The lowest BCUT2D eigenvalue weighted by Gasteiger charge is -2.17. The predicted molar refractivity (Wildman–Crippen MR) is 105 cm³/mol. The highest BCUT2D eigenvalue weighted by molar-refractivity contribution is 8.26. The number of carboxylic acid groups (broad SMARTS) is 1. The molecular formula is C18H20N2O4S2. The Labute approximate surface area is 161 Å². The standard InChI is InChI=1S/C18H20N2O4S2/c1-2-3-9-13(17(23)24)19-15(21)11-20-16(22)14(26-18(20)25)10-12-7-5-4-6-8-12/h4-8,10,13H,2-3,9,11H2,1H3,(H,19,21)(H,23,24)/b14-10-/t13-/m1/s1. The van der Waals surface area contributed by atoms with E-state index in [1.54, 1.807) is 6.08 Å². The fourth-order valence-electron chi connectivity index (χ4n) is 2.39. The van der Waals surface area contributed by atoms with Gasteiger partial charge in [0.05, 0.1) is 4.91 Å². The SMILES string of the molecule is CCCC[C@@H](NC(=O)CN1C(=O)/C(=C/c2ccccc2)SC1=S)C(=O)O. The number of hydrogen-bond acceptors (Lipinski definition) is 5. The number of benzene rings is 1. The quantitative estimate of drug-likeness (QED) is 0.522. The average Bonchev–Trinajstić information content (AvgIpc) is 2.86. The molecule has 2 N–H and O–H groups in total. The molecule has 1 aromatic carbocycles. The third-order valence-electron chi connectivity index (χ3n) is 3.75. The van der Waals surface area contributed by atoms with Gasteiger partial charge in [-0.05, 0) is 18.1 Å². The Balaban J connectivity index is 2.01. The molecule has 26 heavy (non-hydrogen) atoms. The van der Waals surface area contributed by atoms with Crippen molar-refractivity contribution >= 4 is 52.2 Å². The Morgan fingerprint density at radius 2 is 2.04 bits per heavy atom. The number of nitrogens with zero attached hydrogens (tertiary/aromatic N) is 1. The van der Waals surface area contributed by atoms with Crippen LogP contribution in [0.2, 0.25) is 0 Å². The van der Waals surface area contributed by atoms with Gasteiger partial charge >= 0.3 is 5.97 Å². The summed E-state index contributed by atoms with van der Waals surface area (Å²) in [5.74, 6) is -1.97. The summed E-state index contributed by atoms with van der Waals surface area (Å²) in [7, 11) is 0. The Hall–Kier alpha value is -2.19. The molecule has 0 aliphatic carbocycles. The molecule has 8 heteroatoms. The summed E-state index contributed by atoms with van der Waals surface area (Å²) in [6, 6.07) is 8.38. The number of amides is 2. The Kier molecular flexibility index (Phi) is 7.35. The lowest BCUT2D eigenvalue weighted by atomic mass is 10.1. The Bertz CT molecular complexity index is 734. The second kappa shape index (κ2) is 9.49. The van der Waals surface area contributed by atoms with Crippen LogP contribution in [-0.4, -0.2) is 44.7 Å². The molecule has 2 rings (SSSR count). The third kappa shape index (κ3) is 5.40. The van der Waals surface area contributed by atoms with Crippen LogP contribution in [-0.2, 0) is 14.4 Å². The van der Waals surface area contributed by atoms with Gasteiger partial charge < -0.3 is 10.4 Å². The summed E-state index contributed by atoms with van der Waals surface area (Å²) in [6.45, 7) is 1.66. The second-order valence-corrected chi connectivity index (χ2v) is 7.45. The molecule has 0 aromatic heterocycles. The lowest BCUT2D eigenvalue weighted by Crippen LogP contribution is -2.46. The molecule has 0 bridgehead atoms. The maximum atomic E-state index is 12.5. The summed E-state index contributed by atoms with van der Waals surface area (Å²) in [5, 5.41) is 11.6. The van der Waals surface area contributed by atoms with Gasteiger partial charge in [-0.15, -0.1) is 0 Å². The minimum absolute atomic E-state index is 0.285. The number of rotatable bonds is 8. The number of nitrogens with one attached hydrogen (secondary N) is 1. The van der Waals surface area contributed by atoms with E-state index in [2.05, 4.69) is 5.32 Å². The smallest absolute Gasteiger partial charge is 0.326 e. The normalized spacial score (nSPS) is 16.8. The van der Waals surface area contributed by atoms with Crippen LogP contribution in [0, 0.1) is 0 Å². The lowest BCUT2D eigenvalue weighted by molar-refractivity contribution is -0.142. The number of hydrogen-bond donors (Lipinski definition) is 2. The van der Waals surface area contributed by atoms with Crippen molar-refractivity contribution in [3.63, 3.8) is 0 Å². The maximum Gasteiger partial charge on any atom is 0.326 e. The van der Waals surface area contributed by atoms with Crippen molar-refractivity contribution in [2.45, 2.75) is 32.2 Å².